The van der Waals surface area contributed by atoms with Crippen molar-refractivity contribution in [3.8, 4) is 0 Å². The van der Waals surface area contributed by atoms with Gasteiger partial charge in [-0.15, -0.1) is 0 Å². The Morgan fingerprint density at radius 1 is 1.57 bits per heavy atom. The molecule has 0 amide bonds. The number of Topliss-reactive ketones (excluding diaryl/α,β-unsaturated/α-hetero) is 1. The second kappa shape index (κ2) is 2.90. The summed E-state index contributed by atoms with van der Waals surface area (Å²) < 4.78 is 14.5. The fourth-order valence-electron chi connectivity index (χ4n) is 1.46. The molecule has 0 N–H and O–H groups in total. The van der Waals surface area contributed by atoms with E-state index in [-0.39, 0.29) is 11.6 Å². The molecule has 2 aromatic rings. The van der Waals surface area contributed by atoms with Crippen LogP contribution in [0, 0.1) is 12.7 Å². The lowest BCUT2D eigenvalue weighted by Crippen LogP contribution is -2.00. The zero-order valence-electron chi connectivity index (χ0n) is 7.91. The van der Waals surface area contributed by atoms with Crippen molar-refractivity contribution in [3.63, 3.8) is 0 Å². The Hall–Kier alpha value is -1.71. The monoisotopic (exact) mass is 192 g/mol. The summed E-state index contributed by atoms with van der Waals surface area (Å²) in [4.78, 5) is 15.3. The summed E-state index contributed by atoms with van der Waals surface area (Å²) in [7, 11) is 0. The summed E-state index contributed by atoms with van der Waals surface area (Å²) in [6.45, 7) is 3.19. The van der Waals surface area contributed by atoms with Gasteiger partial charge in [0.2, 0.25) is 0 Å². The second-order valence-corrected chi connectivity index (χ2v) is 3.18. The standard InChI is InChI=1S/C10H9FN2O/c1-6-9-5-8(11)3-4-13(9)10(12-6)7(2)14/h3-5H,1-2H3. The third-order valence-corrected chi connectivity index (χ3v) is 2.10. The van der Waals surface area contributed by atoms with Gasteiger partial charge in [-0.1, -0.05) is 0 Å². The average Bonchev–Trinajstić information content (AvgIpc) is 2.44. The van der Waals surface area contributed by atoms with Crippen LogP contribution in [0.2, 0.25) is 0 Å². The van der Waals surface area contributed by atoms with Gasteiger partial charge in [0.1, 0.15) is 5.82 Å². The number of carbonyl (C=O) groups excluding carboxylic acids is 1. The van der Waals surface area contributed by atoms with Gasteiger partial charge < -0.3 is 0 Å². The van der Waals surface area contributed by atoms with E-state index in [9.17, 15) is 9.18 Å². The van der Waals surface area contributed by atoms with Gasteiger partial charge in [-0.05, 0) is 19.1 Å². The number of imidazole rings is 1. The minimum atomic E-state index is -0.324. The van der Waals surface area contributed by atoms with Crippen molar-refractivity contribution in [1.82, 2.24) is 9.38 Å². The third-order valence-electron chi connectivity index (χ3n) is 2.10. The van der Waals surface area contributed by atoms with Gasteiger partial charge in [-0.2, -0.15) is 0 Å². The number of halogens is 1. The fraction of sp³-hybridized carbons (Fsp3) is 0.200. The normalized spacial score (nSPS) is 10.8. The quantitative estimate of drug-likeness (QED) is 0.647. The van der Waals surface area contributed by atoms with E-state index >= 15 is 0 Å². The van der Waals surface area contributed by atoms with Crippen LogP contribution in [-0.2, 0) is 0 Å². The van der Waals surface area contributed by atoms with Gasteiger partial charge >= 0.3 is 0 Å². The Labute approximate surface area is 80.2 Å². The molecule has 72 valence electrons. The number of hydrogen-bond donors (Lipinski definition) is 0. The molecule has 14 heavy (non-hydrogen) atoms. The summed E-state index contributed by atoms with van der Waals surface area (Å²) in [6.07, 6.45) is 1.52. The largest absolute Gasteiger partial charge is 0.297 e. The molecule has 0 unspecified atom stereocenters. The molecule has 0 saturated heterocycles. The van der Waals surface area contributed by atoms with E-state index in [1.54, 1.807) is 11.3 Å². The predicted octanol–water partition coefficient (Wildman–Crippen LogP) is 1.98. The molecule has 0 saturated carbocycles. The van der Waals surface area contributed by atoms with E-state index in [1.165, 1.54) is 25.3 Å². The molecule has 3 nitrogen and oxygen atoms in total. The molecular formula is C10H9FN2O. The molecule has 2 aromatic heterocycles. The van der Waals surface area contributed by atoms with E-state index in [0.29, 0.717) is 17.0 Å². The number of aryl methyl sites for hydroxylation is 1. The number of rotatable bonds is 1. The van der Waals surface area contributed by atoms with Crippen LogP contribution in [0.5, 0.6) is 0 Å². The van der Waals surface area contributed by atoms with Crippen LogP contribution in [0.15, 0.2) is 18.3 Å². The molecule has 2 rings (SSSR count). The number of hydrogen-bond acceptors (Lipinski definition) is 2. The summed E-state index contributed by atoms with van der Waals surface area (Å²) in [5.41, 5.74) is 1.30. The summed E-state index contributed by atoms with van der Waals surface area (Å²) in [6, 6.07) is 2.68. The minimum Gasteiger partial charge on any atom is -0.297 e. The van der Waals surface area contributed by atoms with Crippen molar-refractivity contribution in [2.75, 3.05) is 0 Å². The number of nitrogens with zero attached hydrogens (tertiary/aromatic N) is 2. The fourth-order valence-corrected chi connectivity index (χ4v) is 1.46. The van der Waals surface area contributed by atoms with E-state index in [2.05, 4.69) is 4.98 Å². The van der Waals surface area contributed by atoms with Gasteiger partial charge in [0.05, 0.1) is 11.2 Å². The highest BCUT2D eigenvalue weighted by atomic mass is 19.1. The lowest BCUT2D eigenvalue weighted by molar-refractivity contribution is 0.100. The van der Waals surface area contributed by atoms with Gasteiger partial charge in [0.25, 0.3) is 0 Å². The summed E-state index contributed by atoms with van der Waals surface area (Å²) in [5.74, 6) is -0.104. The Bertz CT molecular complexity index is 516. The van der Waals surface area contributed by atoms with Gasteiger partial charge in [-0.3, -0.25) is 9.20 Å². The van der Waals surface area contributed by atoms with Gasteiger partial charge in [-0.25, -0.2) is 9.37 Å². The van der Waals surface area contributed by atoms with Crippen molar-refractivity contribution in [1.29, 1.82) is 0 Å². The molecule has 0 fully saturated rings. The highest BCUT2D eigenvalue weighted by Crippen LogP contribution is 2.13. The van der Waals surface area contributed by atoms with E-state index < -0.39 is 0 Å². The lowest BCUT2D eigenvalue weighted by atomic mass is 10.3. The first kappa shape index (κ1) is 8.87. The van der Waals surface area contributed by atoms with Crippen LogP contribution in [0.25, 0.3) is 5.52 Å². The highest BCUT2D eigenvalue weighted by molar-refractivity contribution is 5.92. The van der Waals surface area contributed by atoms with Crippen LogP contribution in [0.1, 0.15) is 23.2 Å². The van der Waals surface area contributed by atoms with Crippen LogP contribution >= 0.6 is 0 Å². The molecule has 0 spiro atoms. The molecule has 2 heterocycles. The SMILES string of the molecule is CC(=O)c1nc(C)c2cc(F)ccn12. The van der Waals surface area contributed by atoms with Crippen LogP contribution in [-0.4, -0.2) is 15.2 Å². The Morgan fingerprint density at radius 2 is 2.29 bits per heavy atom. The van der Waals surface area contributed by atoms with Gasteiger partial charge in [0.15, 0.2) is 11.6 Å². The van der Waals surface area contributed by atoms with Crippen molar-refractivity contribution in [2.45, 2.75) is 13.8 Å². The first-order valence-electron chi connectivity index (χ1n) is 4.25. The first-order chi connectivity index (χ1) is 6.59. The van der Waals surface area contributed by atoms with Crippen LogP contribution in [0.4, 0.5) is 4.39 Å². The molecule has 0 radical (unpaired) electrons. The van der Waals surface area contributed by atoms with Crippen LogP contribution in [0.3, 0.4) is 0 Å². The van der Waals surface area contributed by atoms with Crippen LogP contribution < -0.4 is 0 Å². The average molecular weight is 192 g/mol. The number of carbonyl (C=O) groups is 1. The van der Waals surface area contributed by atoms with E-state index in [4.69, 9.17) is 0 Å². The molecule has 0 bridgehead atoms. The maximum atomic E-state index is 12.9. The van der Waals surface area contributed by atoms with Crippen molar-refractivity contribution >= 4 is 11.3 Å². The maximum absolute atomic E-state index is 12.9. The lowest BCUT2D eigenvalue weighted by Gasteiger charge is -1.96. The first-order valence-corrected chi connectivity index (χ1v) is 4.25. The number of pyridine rings is 1. The van der Waals surface area contributed by atoms with Crippen molar-refractivity contribution in [2.24, 2.45) is 0 Å². The Kier molecular flexibility index (Phi) is 1.84. The Morgan fingerprint density at radius 3 is 2.93 bits per heavy atom. The number of aromatic nitrogens is 2. The third kappa shape index (κ3) is 1.19. The maximum Gasteiger partial charge on any atom is 0.195 e. The second-order valence-electron chi connectivity index (χ2n) is 3.18. The summed E-state index contributed by atoms with van der Waals surface area (Å²) >= 11 is 0. The van der Waals surface area contributed by atoms with E-state index in [1.807, 2.05) is 0 Å². The van der Waals surface area contributed by atoms with Crippen molar-refractivity contribution < 1.29 is 9.18 Å². The van der Waals surface area contributed by atoms with E-state index in [0.717, 1.165) is 0 Å². The molecule has 0 aromatic carbocycles. The molecule has 0 aliphatic carbocycles. The molecule has 0 atom stereocenters. The topological polar surface area (TPSA) is 34.4 Å². The number of ketones is 1. The molecule has 4 heteroatoms. The molecular weight excluding hydrogens is 183 g/mol. The number of fused-ring (bicyclic) bond motifs is 1. The zero-order valence-corrected chi connectivity index (χ0v) is 7.91. The smallest absolute Gasteiger partial charge is 0.195 e. The summed E-state index contributed by atoms with van der Waals surface area (Å²) in [5, 5.41) is 0. The molecule has 0 aliphatic rings. The molecule has 0 aliphatic heterocycles. The highest BCUT2D eigenvalue weighted by Gasteiger charge is 2.11. The van der Waals surface area contributed by atoms with Gasteiger partial charge in [0, 0.05) is 13.1 Å². The predicted molar refractivity (Wildman–Crippen MR) is 49.9 cm³/mol. The minimum absolute atomic E-state index is 0.125. The van der Waals surface area contributed by atoms with Crippen molar-refractivity contribution in [3.05, 3.63) is 35.7 Å². The zero-order chi connectivity index (χ0) is 10.3. The Balaban J connectivity index is 2.84.